The number of methoxy groups -OCH3 is 1. The minimum atomic E-state index is -4.10. The van der Waals surface area contributed by atoms with Gasteiger partial charge in [0, 0.05) is 24.2 Å². The molecule has 3 aromatic carbocycles. The van der Waals surface area contributed by atoms with Crippen molar-refractivity contribution in [2.45, 2.75) is 24.9 Å². The lowest BCUT2D eigenvalue weighted by atomic mass is 10.1. The molecule has 0 spiro atoms. The summed E-state index contributed by atoms with van der Waals surface area (Å²) in [7, 11) is -2.86. The summed E-state index contributed by atoms with van der Waals surface area (Å²) in [6.45, 7) is 1.61. The maximum Gasteiger partial charge on any atom is 0.337 e. The standard InChI is InChI=1S/C26H23FN2O5S/c1-17-3-6-20-14-21(25(30)28-24(20)13-17)16-29(15-18-4-9-22(27)10-5-18)35(32,33)23-11-7-19(8-12-23)26(31)34-2/h3-14H,15-16H2,1-2H3,(H,28,30). The van der Waals surface area contributed by atoms with Gasteiger partial charge in [-0.25, -0.2) is 17.6 Å². The molecule has 0 atom stereocenters. The number of ether oxygens (including phenoxy) is 1. The maximum atomic E-state index is 13.6. The van der Waals surface area contributed by atoms with Crippen LogP contribution in [0.5, 0.6) is 0 Å². The highest BCUT2D eigenvalue weighted by Crippen LogP contribution is 2.23. The predicted octanol–water partition coefficient (Wildman–Crippen LogP) is 4.15. The number of esters is 1. The molecule has 0 radical (unpaired) electrons. The number of aromatic nitrogens is 1. The number of halogens is 1. The Morgan fingerprint density at radius 2 is 1.66 bits per heavy atom. The molecule has 180 valence electrons. The van der Waals surface area contributed by atoms with Gasteiger partial charge in [0.1, 0.15) is 5.82 Å². The van der Waals surface area contributed by atoms with E-state index in [2.05, 4.69) is 9.72 Å². The molecule has 4 rings (SSSR count). The summed E-state index contributed by atoms with van der Waals surface area (Å²) in [6.07, 6.45) is 0. The number of benzene rings is 3. The number of pyridine rings is 1. The Bertz CT molecular complexity index is 1550. The molecule has 0 saturated heterocycles. The number of fused-ring (bicyclic) bond motifs is 1. The molecule has 35 heavy (non-hydrogen) atoms. The van der Waals surface area contributed by atoms with Gasteiger partial charge in [-0.15, -0.1) is 0 Å². The van der Waals surface area contributed by atoms with Gasteiger partial charge in [-0.05, 0) is 72.0 Å². The van der Waals surface area contributed by atoms with Crippen LogP contribution < -0.4 is 5.56 Å². The Labute approximate surface area is 201 Å². The normalized spacial score (nSPS) is 11.7. The van der Waals surface area contributed by atoms with Crippen LogP contribution in [0.15, 0.2) is 82.5 Å². The third-order valence-corrected chi connectivity index (χ3v) is 7.42. The van der Waals surface area contributed by atoms with E-state index in [1.165, 1.54) is 55.6 Å². The summed E-state index contributed by atoms with van der Waals surface area (Å²) in [5, 5.41) is 0.770. The summed E-state index contributed by atoms with van der Waals surface area (Å²) >= 11 is 0. The van der Waals surface area contributed by atoms with Crippen molar-refractivity contribution in [1.82, 2.24) is 9.29 Å². The molecule has 1 aromatic heterocycles. The second-order valence-corrected chi connectivity index (χ2v) is 10.1. The van der Waals surface area contributed by atoms with Crippen LogP contribution in [0, 0.1) is 12.7 Å². The number of H-pyrrole nitrogens is 1. The summed E-state index contributed by atoms with van der Waals surface area (Å²) in [6, 6.07) is 18.1. The molecule has 1 N–H and O–H groups in total. The van der Waals surface area contributed by atoms with E-state index in [-0.39, 0.29) is 29.1 Å². The van der Waals surface area contributed by atoms with Gasteiger partial charge in [0.25, 0.3) is 5.56 Å². The van der Waals surface area contributed by atoms with E-state index < -0.39 is 27.4 Å². The molecule has 7 nitrogen and oxygen atoms in total. The fourth-order valence-corrected chi connectivity index (χ4v) is 5.12. The Morgan fingerprint density at radius 3 is 2.31 bits per heavy atom. The maximum absolute atomic E-state index is 13.6. The first-order valence-electron chi connectivity index (χ1n) is 10.7. The number of sulfonamides is 1. The highest BCUT2D eigenvalue weighted by atomic mass is 32.2. The highest BCUT2D eigenvalue weighted by Gasteiger charge is 2.26. The Balaban J connectivity index is 1.75. The van der Waals surface area contributed by atoms with Crippen molar-refractivity contribution in [3.8, 4) is 0 Å². The van der Waals surface area contributed by atoms with Gasteiger partial charge < -0.3 is 9.72 Å². The lowest BCUT2D eigenvalue weighted by Gasteiger charge is -2.22. The Morgan fingerprint density at radius 1 is 0.971 bits per heavy atom. The van der Waals surface area contributed by atoms with Crippen molar-refractivity contribution < 1.29 is 22.3 Å². The molecule has 0 saturated carbocycles. The summed E-state index contributed by atoms with van der Waals surface area (Å²) < 4.78 is 46.4. The fraction of sp³-hybridized carbons (Fsp3) is 0.154. The lowest BCUT2D eigenvalue weighted by molar-refractivity contribution is 0.0600. The molecule has 0 aliphatic rings. The number of nitrogens with one attached hydrogen (secondary N) is 1. The molecule has 1 heterocycles. The van der Waals surface area contributed by atoms with E-state index in [4.69, 9.17) is 0 Å². The van der Waals surface area contributed by atoms with Gasteiger partial charge in [0.2, 0.25) is 10.0 Å². The molecule has 0 fully saturated rings. The molecule has 0 bridgehead atoms. The van der Waals surface area contributed by atoms with Gasteiger partial charge in [0.05, 0.1) is 17.6 Å². The smallest absolute Gasteiger partial charge is 0.337 e. The monoisotopic (exact) mass is 494 g/mol. The van der Waals surface area contributed by atoms with Gasteiger partial charge in [-0.2, -0.15) is 4.31 Å². The number of hydrogen-bond acceptors (Lipinski definition) is 5. The fourth-order valence-electron chi connectivity index (χ4n) is 3.72. The largest absolute Gasteiger partial charge is 0.465 e. The van der Waals surface area contributed by atoms with Gasteiger partial charge in [-0.1, -0.05) is 24.3 Å². The first-order valence-corrected chi connectivity index (χ1v) is 12.2. The van der Waals surface area contributed by atoms with Crippen LogP contribution in [0.4, 0.5) is 4.39 Å². The number of carbonyl (C=O) groups is 1. The predicted molar refractivity (Wildman–Crippen MR) is 130 cm³/mol. The van der Waals surface area contributed by atoms with E-state index in [0.717, 1.165) is 15.3 Å². The van der Waals surface area contributed by atoms with Crippen LogP contribution in [0.25, 0.3) is 10.9 Å². The summed E-state index contributed by atoms with van der Waals surface area (Å²) in [5.74, 6) is -1.03. The van der Waals surface area contributed by atoms with Crippen molar-refractivity contribution in [3.63, 3.8) is 0 Å². The van der Waals surface area contributed by atoms with E-state index in [1.54, 1.807) is 6.07 Å². The van der Waals surface area contributed by atoms with Crippen LogP contribution >= 0.6 is 0 Å². The Kier molecular flexibility index (Phi) is 6.81. The number of aromatic amines is 1. The van der Waals surface area contributed by atoms with Gasteiger partial charge in [-0.3, -0.25) is 4.79 Å². The van der Waals surface area contributed by atoms with Crippen molar-refractivity contribution in [3.05, 3.63) is 111 Å². The molecular formula is C26H23FN2O5S. The van der Waals surface area contributed by atoms with Crippen LogP contribution in [0.2, 0.25) is 0 Å². The number of carbonyl (C=O) groups excluding carboxylic acids is 1. The molecule has 0 aliphatic heterocycles. The Hall–Kier alpha value is -3.82. The quantitative estimate of drug-likeness (QED) is 0.389. The molecule has 0 unspecified atom stereocenters. The first kappa shape index (κ1) is 24.3. The minimum absolute atomic E-state index is 0.0555. The van der Waals surface area contributed by atoms with E-state index in [9.17, 15) is 22.4 Å². The first-order chi connectivity index (χ1) is 16.7. The van der Waals surface area contributed by atoms with Crippen molar-refractivity contribution in [2.24, 2.45) is 0 Å². The summed E-state index contributed by atoms with van der Waals surface area (Å²) in [4.78, 5) is 27.3. The van der Waals surface area contributed by atoms with E-state index in [0.29, 0.717) is 11.1 Å². The molecular weight excluding hydrogens is 471 g/mol. The molecule has 4 aromatic rings. The number of nitrogens with zero attached hydrogens (tertiary/aromatic N) is 1. The zero-order chi connectivity index (χ0) is 25.2. The van der Waals surface area contributed by atoms with Crippen LogP contribution in [-0.4, -0.2) is 30.8 Å². The number of hydrogen-bond donors (Lipinski definition) is 1. The topological polar surface area (TPSA) is 96.5 Å². The highest BCUT2D eigenvalue weighted by molar-refractivity contribution is 7.89. The SMILES string of the molecule is COC(=O)c1ccc(S(=O)(=O)N(Cc2ccc(F)cc2)Cc2cc3ccc(C)cc3[nH]c2=O)cc1. The molecule has 0 aliphatic carbocycles. The van der Waals surface area contributed by atoms with Crippen molar-refractivity contribution in [1.29, 1.82) is 0 Å². The van der Waals surface area contributed by atoms with Crippen molar-refractivity contribution >= 4 is 26.9 Å². The number of rotatable bonds is 7. The zero-order valence-corrected chi connectivity index (χ0v) is 19.9. The third-order valence-electron chi connectivity index (χ3n) is 5.61. The van der Waals surface area contributed by atoms with E-state index in [1.807, 2.05) is 25.1 Å². The number of aryl methyl sites for hydroxylation is 1. The van der Waals surface area contributed by atoms with Gasteiger partial charge in [0.15, 0.2) is 0 Å². The second kappa shape index (κ2) is 9.81. The van der Waals surface area contributed by atoms with Crippen molar-refractivity contribution in [2.75, 3.05) is 7.11 Å². The molecule has 0 amide bonds. The average Bonchev–Trinajstić information content (AvgIpc) is 2.85. The second-order valence-electron chi connectivity index (χ2n) is 8.13. The van der Waals surface area contributed by atoms with Gasteiger partial charge >= 0.3 is 5.97 Å². The summed E-state index contributed by atoms with van der Waals surface area (Å²) in [5.41, 5.74) is 2.26. The molecule has 9 heteroatoms. The van der Waals surface area contributed by atoms with Crippen LogP contribution in [-0.2, 0) is 27.8 Å². The minimum Gasteiger partial charge on any atom is -0.465 e. The van der Waals surface area contributed by atoms with Crippen LogP contribution in [0.1, 0.15) is 27.0 Å². The van der Waals surface area contributed by atoms with Crippen LogP contribution in [0.3, 0.4) is 0 Å². The third kappa shape index (κ3) is 5.31. The average molecular weight is 495 g/mol. The zero-order valence-electron chi connectivity index (χ0n) is 19.1. The van der Waals surface area contributed by atoms with E-state index >= 15 is 0 Å². The lowest BCUT2D eigenvalue weighted by Crippen LogP contribution is -2.32.